The van der Waals surface area contributed by atoms with Gasteiger partial charge in [-0.2, -0.15) is 0 Å². The molecule has 0 amide bonds. The van der Waals surface area contributed by atoms with Crippen molar-refractivity contribution < 1.29 is 0 Å². The molecule has 0 bridgehead atoms. The van der Waals surface area contributed by atoms with Crippen molar-refractivity contribution in [1.82, 2.24) is 5.32 Å². The van der Waals surface area contributed by atoms with Gasteiger partial charge < -0.3 is 5.32 Å². The topological polar surface area (TPSA) is 12.0 Å². The summed E-state index contributed by atoms with van der Waals surface area (Å²) in [5, 5.41) is 3.68. The molecule has 2 aromatic carbocycles. The fourth-order valence-corrected chi connectivity index (χ4v) is 2.77. The van der Waals surface area contributed by atoms with Crippen molar-refractivity contribution in [3.05, 3.63) is 69.7 Å². The van der Waals surface area contributed by atoms with Crippen LogP contribution >= 0.6 is 15.9 Å². The minimum absolute atomic E-state index is 0.363. The van der Waals surface area contributed by atoms with Crippen LogP contribution in [0, 0.1) is 6.92 Å². The fraction of sp³-hybridized carbons (Fsp3) is 0.333. The van der Waals surface area contributed by atoms with E-state index in [2.05, 4.69) is 90.5 Å². The van der Waals surface area contributed by atoms with Gasteiger partial charge >= 0.3 is 0 Å². The molecule has 0 aliphatic rings. The van der Waals surface area contributed by atoms with Gasteiger partial charge in [0.2, 0.25) is 0 Å². The average molecular weight is 332 g/mol. The highest BCUT2D eigenvalue weighted by Crippen LogP contribution is 2.18. The zero-order valence-electron chi connectivity index (χ0n) is 12.4. The van der Waals surface area contributed by atoms with Crippen molar-refractivity contribution in [2.24, 2.45) is 0 Å². The third kappa shape index (κ3) is 4.19. The predicted octanol–water partition coefficient (Wildman–Crippen LogP) is 5.04. The molecule has 106 valence electrons. The van der Waals surface area contributed by atoms with Gasteiger partial charge in [0.15, 0.2) is 0 Å². The second-order valence-corrected chi connectivity index (χ2v) is 6.39. The maximum atomic E-state index is 3.68. The third-order valence-corrected chi connectivity index (χ3v) is 4.22. The van der Waals surface area contributed by atoms with Crippen LogP contribution in [0.25, 0.3) is 0 Å². The summed E-state index contributed by atoms with van der Waals surface area (Å²) in [6.07, 6.45) is 1.06. The molecule has 0 saturated carbocycles. The van der Waals surface area contributed by atoms with E-state index >= 15 is 0 Å². The van der Waals surface area contributed by atoms with Crippen LogP contribution in [0.3, 0.4) is 0 Å². The molecule has 0 spiro atoms. The van der Waals surface area contributed by atoms with E-state index < -0.39 is 0 Å². The SMILES string of the molecule is Cc1ccccc1CC(C)NC(C)c1ccc(Br)cc1. The Morgan fingerprint density at radius 3 is 2.30 bits per heavy atom. The second-order valence-electron chi connectivity index (χ2n) is 5.47. The summed E-state index contributed by atoms with van der Waals surface area (Å²) in [5.74, 6) is 0. The Kier molecular flexibility index (Phi) is 5.38. The second kappa shape index (κ2) is 7.05. The molecule has 2 rings (SSSR count). The van der Waals surface area contributed by atoms with Crippen LogP contribution in [0.5, 0.6) is 0 Å². The van der Waals surface area contributed by atoms with E-state index in [9.17, 15) is 0 Å². The first-order valence-electron chi connectivity index (χ1n) is 7.12. The van der Waals surface area contributed by atoms with Crippen molar-refractivity contribution in [3.63, 3.8) is 0 Å². The van der Waals surface area contributed by atoms with E-state index in [1.807, 2.05) is 0 Å². The summed E-state index contributed by atoms with van der Waals surface area (Å²) < 4.78 is 1.13. The van der Waals surface area contributed by atoms with Crippen molar-refractivity contribution in [2.45, 2.75) is 39.3 Å². The van der Waals surface area contributed by atoms with Gasteiger partial charge in [-0.05, 0) is 56.0 Å². The zero-order chi connectivity index (χ0) is 14.5. The van der Waals surface area contributed by atoms with Gasteiger partial charge in [-0.3, -0.25) is 0 Å². The van der Waals surface area contributed by atoms with Crippen LogP contribution in [0.15, 0.2) is 53.0 Å². The van der Waals surface area contributed by atoms with Crippen LogP contribution in [0.1, 0.15) is 36.6 Å². The molecule has 0 aromatic heterocycles. The summed E-state index contributed by atoms with van der Waals surface area (Å²) in [4.78, 5) is 0. The molecule has 0 heterocycles. The molecule has 2 heteroatoms. The normalized spacial score (nSPS) is 14.0. The van der Waals surface area contributed by atoms with Gasteiger partial charge in [0.05, 0.1) is 0 Å². The molecule has 0 fully saturated rings. The minimum Gasteiger partial charge on any atom is -0.307 e. The van der Waals surface area contributed by atoms with E-state index in [1.165, 1.54) is 16.7 Å². The first kappa shape index (κ1) is 15.3. The monoisotopic (exact) mass is 331 g/mol. The minimum atomic E-state index is 0.363. The molecule has 0 aliphatic carbocycles. The number of rotatable bonds is 5. The van der Waals surface area contributed by atoms with E-state index in [0.717, 1.165) is 10.9 Å². The van der Waals surface area contributed by atoms with Crippen LogP contribution in [-0.2, 0) is 6.42 Å². The Hall–Kier alpha value is -1.12. The number of hydrogen-bond donors (Lipinski definition) is 1. The third-order valence-electron chi connectivity index (χ3n) is 3.69. The Labute approximate surface area is 130 Å². The largest absolute Gasteiger partial charge is 0.307 e. The first-order valence-corrected chi connectivity index (χ1v) is 7.91. The highest BCUT2D eigenvalue weighted by atomic mass is 79.9. The molecule has 2 aromatic rings. The van der Waals surface area contributed by atoms with Gasteiger partial charge in [-0.1, -0.05) is 52.3 Å². The summed E-state index contributed by atoms with van der Waals surface area (Å²) in [6.45, 7) is 6.65. The first-order chi connectivity index (χ1) is 9.56. The Bertz CT molecular complexity index is 548. The lowest BCUT2D eigenvalue weighted by molar-refractivity contribution is 0.476. The molecule has 0 radical (unpaired) electrons. The molecule has 1 N–H and O–H groups in total. The Morgan fingerprint density at radius 1 is 1.00 bits per heavy atom. The number of hydrogen-bond acceptors (Lipinski definition) is 1. The van der Waals surface area contributed by atoms with Crippen molar-refractivity contribution >= 4 is 15.9 Å². The van der Waals surface area contributed by atoms with E-state index in [-0.39, 0.29) is 0 Å². The molecule has 0 aliphatic heterocycles. The number of nitrogens with one attached hydrogen (secondary N) is 1. The lowest BCUT2D eigenvalue weighted by atomic mass is 10.0. The van der Waals surface area contributed by atoms with Crippen molar-refractivity contribution in [1.29, 1.82) is 0 Å². The predicted molar refractivity (Wildman–Crippen MR) is 90.0 cm³/mol. The smallest absolute Gasteiger partial charge is 0.0294 e. The molecule has 20 heavy (non-hydrogen) atoms. The quantitative estimate of drug-likeness (QED) is 0.809. The fourth-order valence-electron chi connectivity index (χ4n) is 2.50. The van der Waals surface area contributed by atoms with E-state index in [0.29, 0.717) is 12.1 Å². The lowest BCUT2D eigenvalue weighted by Gasteiger charge is -2.21. The molecule has 1 nitrogen and oxygen atoms in total. The maximum absolute atomic E-state index is 3.68. The standard InChI is InChI=1S/C18H22BrN/c1-13-6-4-5-7-17(13)12-14(2)20-15(3)16-8-10-18(19)11-9-16/h4-11,14-15,20H,12H2,1-3H3. The zero-order valence-corrected chi connectivity index (χ0v) is 13.9. The maximum Gasteiger partial charge on any atom is 0.0294 e. The summed E-state index contributed by atoms with van der Waals surface area (Å²) in [6, 6.07) is 18.0. The average Bonchev–Trinajstić information content (AvgIpc) is 2.42. The number of halogens is 1. The van der Waals surface area contributed by atoms with Gasteiger partial charge in [0, 0.05) is 16.6 Å². The van der Waals surface area contributed by atoms with Crippen LogP contribution < -0.4 is 5.32 Å². The van der Waals surface area contributed by atoms with Crippen LogP contribution in [-0.4, -0.2) is 6.04 Å². The summed E-state index contributed by atoms with van der Waals surface area (Å²) in [5.41, 5.74) is 4.12. The Morgan fingerprint density at radius 2 is 1.65 bits per heavy atom. The number of benzene rings is 2. The van der Waals surface area contributed by atoms with Gasteiger partial charge in [-0.15, -0.1) is 0 Å². The highest BCUT2D eigenvalue weighted by molar-refractivity contribution is 9.10. The molecular formula is C18H22BrN. The van der Waals surface area contributed by atoms with Crippen LogP contribution in [0.2, 0.25) is 0 Å². The van der Waals surface area contributed by atoms with Crippen molar-refractivity contribution in [2.75, 3.05) is 0 Å². The van der Waals surface area contributed by atoms with Crippen LogP contribution in [0.4, 0.5) is 0 Å². The highest BCUT2D eigenvalue weighted by Gasteiger charge is 2.10. The summed E-state index contributed by atoms with van der Waals surface area (Å²) in [7, 11) is 0. The van der Waals surface area contributed by atoms with Gasteiger partial charge in [0.1, 0.15) is 0 Å². The molecular weight excluding hydrogens is 310 g/mol. The molecule has 0 saturated heterocycles. The van der Waals surface area contributed by atoms with E-state index in [4.69, 9.17) is 0 Å². The number of aryl methyl sites for hydroxylation is 1. The molecule has 2 atom stereocenters. The Balaban J connectivity index is 1.96. The van der Waals surface area contributed by atoms with Crippen molar-refractivity contribution in [3.8, 4) is 0 Å². The van der Waals surface area contributed by atoms with E-state index in [1.54, 1.807) is 0 Å². The molecule has 2 unspecified atom stereocenters. The summed E-state index contributed by atoms with van der Waals surface area (Å²) >= 11 is 3.48. The lowest BCUT2D eigenvalue weighted by Crippen LogP contribution is -2.30. The van der Waals surface area contributed by atoms with Gasteiger partial charge in [0.25, 0.3) is 0 Å². The van der Waals surface area contributed by atoms with Gasteiger partial charge in [-0.25, -0.2) is 0 Å².